The highest BCUT2D eigenvalue weighted by molar-refractivity contribution is 8.00. The Kier molecular flexibility index (Phi) is 3.90. The average Bonchev–Trinajstić information content (AvgIpc) is 3.27. The predicted octanol–water partition coefficient (Wildman–Crippen LogP) is 3.83. The van der Waals surface area contributed by atoms with Gasteiger partial charge in [0.2, 0.25) is 0 Å². The molecule has 1 saturated carbocycles. The smallest absolute Gasteiger partial charge is 0.119 e. The van der Waals surface area contributed by atoms with E-state index in [1.807, 2.05) is 17.8 Å². The van der Waals surface area contributed by atoms with E-state index in [9.17, 15) is 0 Å². The molecule has 3 heteroatoms. The average molecular weight is 287 g/mol. The Morgan fingerprint density at radius 3 is 2.60 bits per heavy atom. The lowest BCUT2D eigenvalue weighted by atomic mass is 10.1. The number of methoxy groups -OCH3 is 1. The third-order valence-corrected chi connectivity index (χ3v) is 5.55. The van der Waals surface area contributed by atoms with Crippen LogP contribution in [0.1, 0.15) is 18.4 Å². The zero-order chi connectivity index (χ0) is 14.0. The fraction of sp³-hybridized carbons (Fsp3) is 0.412. The van der Waals surface area contributed by atoms with E-state index in [0.29, 0.717) is 4.75 Å². The van der Waals surface area contributed by atoms with Crippen molar-refractivity contribution in [1.82, 2.24) is 5.32 Å². The number of fused-ring (bicyclic) bond motifs is 1. The van der Waals surface area contributed by atoms with Crippen molar-refractivity contribution in [2.75, 3.05) is 19.9 Å². The molecule has 0 aliphatic heterocycles. The van der Waals surface area contributed by atoms with Gasteiger partial charge in [-0.05, 0) is 53.6 Å². The second kappa shape index (κ2) is 5.66. The van der Waals surface area contributed by atoms with E-state index < -0.39 is 0 Å². The Morgan fingerprint density at radius 1 is 1.15 bits per heavy atom. The van der Waals surface area contributed by atoms with E-state index in [2.05, 4.69) is 41.9 Å². The quantitative estimate of drug-likeness (QED) is 0.872. The van der Waals surface area contributed by atoms with Crippen LogP contribution in [0.2, 0.25) is 0 Å². The molecule has 106 valence electrons. The van der Waals surface area contributed by atoms with Crippen molar-refractivity contribution >= 4 is 22.5 Å². The zero-order valence-corrected chi connectivity index (χ0v) is 12.9. The third-order valence-electron chi connectivity index (χ3n) is 4.13. The number of nitrogens with one attached hydrogen (secondary N) is 1. The lowest BCUT2D eigenvalue weighted by Gasteiger charge is -2.13. The molecule has 0 atom stereocenters. The third kappa shape index (κ3) is 2.94. The maximum Gasteiger partial charge on any atom is 0.119 e. The predicted molar refractivity (Wildman–Crippen MR) is 87.7 cm³/mol. The standard InChI is InChI=1S/C17H21NOS/c1-19-16-6-5-14-9-13(3-4-15(14)10-16)11-18-12-17(20-2)7-8-17/h3-6,9-10,18H,7-8,11-12H2,1-2H3. The SMILES string of the molecule is COc1ccc2cc(CNCC3(SC)CC3)ccc2c1. The van der Waals surface area contributed by atoms with Gasteiger partial charge in [0.1, 0.15) is 5.75 Å². The van der Waals surface area contributed by atoms with Crippen molar-refractivity contribution in [3.63, 3.8) is 0 Å². The van der Waals surface area contributed by atoms with Crippen LogP contribution in [-0.2, 0) is 6.54 Å². The Labute approximate surface area is 124 Å². The lowest BCUT2D eigenvalue weighted by molar-refractivity contribution is 0.415. The summed E-state index contributed by atoms with van der Waals surface area (Å²) in [6, 6.07) is 12.9. The number of rotatable bonds is 6. The zero-order valence-electron chi connectivity index (χ0n) is 12.1. The molecule has 0 unspecified atom stereocenters. The van der Waals surface area contributed by atoms with Crippen LogP contribution >= 0.6 is 11.8 Å². The molecule has 20 heavy (non-hydrogen) atoms. The summed E-state index contributed by atoms with van der Waals surface area (Å²) in [5, 5.41) is 6.10. The van der Waals surface area contributed by atoms with Crippen LogP contribution in [0.5, 0.6) is 5.75 Å². The summed E-state index contributed by atoms with van der Waals surface area (Å²) >= 11 is 2.00. The Balaban J connectivity index is 1.66. The maximum absolute atomic E-state index is 5.26. The molecular weight excluding hydrogens is 266 g/mol. The highest BCUT2D eigenvalue weighted by Crippen LogP contribution is 2.46. The van der Waals surface area contributed by atoms with Crippen LogP contribution < -0.4 is 10.1 Å². The van der Waals surface area contributed by atoms with Crippen LogP contribution in [-0.4, -0.2) is 24.7 Å². The number of thioether (sulfide) groups is 1. The van der Waals surface area contributed by atoms with Crippen molar-refractivity contribution < 1.29 is 4.74 Å². The monoisotopic (exact) mass is 287 g/mol. The maximum atomic E-state index is 5.26. The minimum absolute atomic E-state index is 0.532. The van der Waals surface area contributed by atoms with Crippen LogP contribution in [0.25, 0.3) is 10.8 Å². The molecule has 2 aromatic carbocycles. The molecule has 0 bridgehead atoms. The largest absolute Gasteiger partial charge is 0.497 e. The fourth-order valence-electron chi connectivity index (χ4n) is 2.54. The first-order valence-corrected chi connectivity index (χ1v) is 8.30. The summed E-state index contributed by atoms with van der Waals surface area (Å²) in [5.41, 5.74) is 1.35. The summed E-state index contributed by atoms with van der Waals surface area (Å²) in [7, 11) is 1.71. The van der Waals surface area contributed by atoms with E-state index in [-0.39, 0.29) is 0 Å². The van der Waals surface area contributed by atoms with Gasteiger partial charge in [0.25, 0.3) is 0 Å². The molecular formula is C17H21NOS. The Hall–Kier alpha value is -1.19. The van der Waals surface area contributed by atoms with Crippen LogP contribution in [0.4, 0.5) is 0 Å². The van der Waals surface area contributed by atoms with E-state index in [1.165, 1.54) is 29.2 Å². The van der Waals surface area contributed by atoms with Crippen molar-refractivity contribution in [3.8, 4) is 5.75 Å². The molecule has 1 N–H and O–H groups in total. The number of hydrogen-bond acceptors (Lipinski definition) is 3. The Bertz CT molecular complexity index is 607. The lowest BCUT2D eigenvalue weighted by Crippen LogP contribution is -2.25. The normalized spacial score (nSPS) is 16.3. The van der Waals surface area contributed by atoms with Gasteiger partial charge in [-0.25, -0.2) is 0 Å². The molecule has 3 rings (SSSR count). The van der Waals surface area contributed by atoms with Crippen LogP contribution in [0.15, 0.2) is 36.4 Å². The van der Waals surface area contributed by atoms with Crippen molar-refractivity contribution in [3.05, 3.63) is 42.0 Å². The van der Waals surface area contributed by atoms with Gasteiger partial charge in [0, 0.05) is 17.8 Å². The molecule has 0 saturated heterocycles. The van der Waals surface area contributed by atoms with E-state index in [4.69, 9.17) is 4.74 Å². The van der Waals surface area contributed by atoms with Gasteiger partial charge in [0.05, 0.1) is 7.11 Å². The minimum Gasteiger partial charge on any atom is -0.497 e. The van der Waals surface area contributed by atoms with Gasteiger partial charge in [-0.1, -0.05) is 18.2 Å². The topological polar surface area (TPSA) is 21.3 Å². The van der Waals surface area contributed by atoms with E-state index in [0.717, 1.165) is 18.8 Å². The van der Waals surface area contributed by atoms with Gasteiger partial charge in [-0.15, -0.1) is 0 Å². The molecule has 0 aromatic heterocycles. The second-order valence-corrected chi connectivity index (χ2v) is 6.81. The van der Waals surface area contributed by atoms with Gasteiger partial charge >= 0.3 is 0 Å². The summed E-state index contributed by atoms with van der Waals surface area (Å²) in [4.78, 5) is 0. The highest BCUT2D eigenvalue weighted by atomic mass is 32.2. The molecule has 0 heterocycles. The van der Waals surface area contributed by atoms with Crippen LogP contribution in [0.3, 0.4) is 0 Å². The molecule has 2 nitrogen and oxygen atoms in total. The molecule has 2 aromatic rings. The number of ether oxygens (including phenoxy) is 1. The molecule has 0 amide bonds. The van der Waals surface area contributed by atoms with Gasteiger partial charge < -0.3 is 10.1 Å². The molecule has 0 radical (unpaired) electrons. The fourth-order valence-corrected chi connectivity index (χ4v) is 3.29. The minimum atomic E-state index is 0.532. The van der Waals surface area contributed by atoms with Crippen molar-refractivity contribution in [2.45, 2.75) is 24.1 Å². The van der Waals surface area contributed by atoms with E-state index >= 15 is 0 Å². The second-order valence-electron chi connectivity index (χ2n) is 5.54. The highest BCUT2D eigenvalue weighted by Gasteiger charge is 2.41. The first-order valence-electron chi connectivity index (χ1n) is 7.07. The van der Waals surface area contributed by atoms with Crippen molar-refractivity contribution in [2.24, 2.45) is 0 Å². The first kappa shape index (κ1) is 13.8. The van der Waals surface area contributed by atoms with E-state index in [1.54, 1.807) is 7.11 Å². The molecule has 1 aliphatic rings. The number of hydrogen-bond donors (Lipinski definition) is 1. The first-order chi connectivity index (χ1) is 9.74. The number of benzene rings is 2. The summed E-state index contributed by atoms with van der Waals surface area (Å²) in [6.07, 6.45) is 4.94. The van der Waals surface area contributed by atoms with Gasteiger partial charge in [-0.2, -0.15) is 11.8 Å². The van der Waals surface area contributed by atoms with Crippen LogP contribution in [0, 0.1) is 0 Å². The summed E-state index contributed by atoms with van der Waals surface area (Å²) in [6.45, 7) is 2.07. The summed E-state index contributed by atoms with van der Waals surface area (Å²) < 4.78 is 5.79. The summed E-state index contributed by atoms with van der Waals surface area (Å²) in [5.74, 6) is 0.916. The molecule has 0 spiro atoms. The van der Waals surface area contributed by atoms with Crippen molar-refractivity contribution in [1.29, 1.82) is 0 Å². The molecule has 1 aliphatic carbocycles. The molecule has 1 fully saturated rings. The Morgan fingerprint density at radius 2 is 1.90 bits per heavy atom. The van der Waals surface area contributed by atoms with Gasteiger partial charge in [-0.3, -0.25) is 0 Å². The van der Waals surface area contributed by atoms with Gasteiger partial charge in [0.15, 0.2) is 0 Å².